The number of nitro benzene ring substituents is 2. The van der Waals surface area contributed by atoms with Gasteiger partial charge in [0.05, 0.1) is 88.0 Å². The summed E-state index contributed by atoms with van der Waals surface area (Å²) in [7, 11) is 0. The number of nitrogens with zero attached hydrogens (tertiary/aromatic N) is 2. The molecule has 0 unspecified atom stereocenters. The van der Waals surface area contributed by atoms with Gasteiger partial charge in [-0.3, -0.25) is 20.2 Å². The fourth-order valence-corrected chi connectivity index (χ4v) is 2.25. The Kier molecular flexibility index (Phi) is 14.6. The molecule has 0 bridgehead atoms. The Bertz CT molecular complexity index is 631. The van der Waals surface area contributed by atoms with Crippen LogP contribution in [-0.4, -0.2) is 99.3 Å². The zero-order chi connectivity index (χ0) is 23.6. The number of benzene rings is 1. The summed E-state index contributed by atoms with van der Waals surface area (Å²) in [5, 5.41) is 39.6. The Hall–Kier alpha value is -2.62. The minimum absolute atomic E-state index is 0.00399. The van der Waals surface area contributed by atoms with Gasteiger partial charge in [0.25, 0.3) is 0 Å². The fraction of sp³-hybridized carbons (Fsp3) is 0.667. The number of aliphatic hydroxyl groups is 2. The third kappa shape index (κ3) is 11.1. The van der Waals surface area contributed by atoms with E-state index in [9.17, 15) is 20.2 Å². The predicted octanol–water partition coefficient (Wildman–Crippen LogP) is 0.312. The van der Waals surface area contributed by atoms with Crippen LogP contribution in [0.3, 0.4) is 0 Å². The Morgan fingerprint density at radius 2 is 0.906 bits per heavy atom. The molecule has 0 saturated heterocycles. The maximum Gasteiger partial charge on any atom is 0.350 e. The van der Waals surface area contributed by atoms with Gasteiger partial charge < -0.3 is 38.6 Å². The van der Waals surface area contributed by atoms with Crippen LogP contribution in [0.15, 0.2) is 12.1 Å². The second kappa shape index (κ2) is 17.0. The monoisotopic (exact) mass is 464 g/mol. The van der Waals surface area contributed by atoms with Crippen LogP contribution in [0.25, 0.3) is 0 Å². The van der Waals surface area contributed by atoms with Gasteiger partial charge in [0.15, 0.2) is 11.5 Å². The van der Waals surface area contributed by atoms with Gasteiger partial charge in [0.1, 0.15) is 13.2 Å². The second-order valence-electron chi connectivity index (χ2n) is 5.90. The van der Waals surface area contributed by atoms with Crippen LogP contribution in [0, 0.1) is 20.2 Å². The lowest BCUT2D eigenvalue weighted by atomic mass is 10.2. The van der Waals surface area contributed by atoms with Gasteiger partial charge in [-0.05, 0) is 0 Å². The van der Waals surface area contributed by atoms with E-state index in [4.69, 9.17) is 38.6 Å². The highest BCUT2D eigenvalue weighted by atomic mass is 16.6. The van der Waals surface area contributed by atoms with E-state index in [0.29, 0.717) is 0 Å². The highest BCUT2D eigenvalue weighted by Crippen LogP contribution is 2.39. The van der Waals surface area contributed by atoms with Crippen molar-refractivity contribution in [2.45, 2.75) is 0 Å². The zero-order valence-corrected chi connectivity index (χ0v) is 17.5. The molecule has 0 heterocycles. The van der Waals surface area contributed by atoms with Gasteiger partial charge in [-0.2, -0.15) is 0 Å². The molecule has 0 radical (unpaired) electrons. The number of ether oxygens (including phenoxy) is 6. The predicted molar refractivity (Wildman–Crippen MR) is 108 cm³/mol. The van der Waals surface area contributed by atoms with Crippen LogP contribution in [0.1, 0.15) is 0 Å². The molecule has 0 atom stereocenters. The number of rotatable bonds is 20. The zero-order valence-electron chi connectivity index (χ0n) is 17.5. The maximum atomic E-state index is 11.2. The van der Waals surface area contributed by atoms with Gasteiger partial charge in [-0.15, -0.1) is 0 Å². The summed E-state index contributed by atoms with van der Waals surface area (Å²) in [6.45, 7) is 1.56. The molecule has 0 spiro atoms. The lowest BCUT2D eigenvalue weighted by Gasteiger charge is -2.13. The summed E-state index contributed by atoms with van der Waals surface area (Å²) in [6, 6.07) is 1.86. The molecule has 0 fully saturated rings. The van der Waals surface area contributed by atoms with Crippen LogP contribution in [-0.2, 0) is 18.9 Å². The topological polar surface area (TPSA) is 182 Å². The summed E-state index contributed by atoms with van der Waals surface area (Å²) >= 11 is 0. The molecular weight excluding hydrogens is 436 g/mol. The molecule has 1 aromatic rings. The van der Waals surface area contributed by atoms with E-state index in [2.05, 4.69) is 0 Å². The van der Waals surface area contributed by atoms with E-state index < -0.39 is 21.2 Å². The quantitative estimate of drug-likeness (QED) is 0.153. The number of nitro groups is 2. The standard InChI is InChI=1S/C18H28N2O12/c21-1-3-27-5-7-29-9-11-31-17-13-15(19(23)24)16(20(25)26)14-18(17)32-12-10-30-8-6-28-4-2-22/h13-14,21-22H,1-12H2. The third-order valence-corrected chi connectivity index (χ3v) is 3.62. The molecule has 14 nitrogen and oxygen atoms in total. The van der Waals surface area contributed by atoms with Crippen molar-refractivity contribution >= 4 is 11.4 Å². The van der Waals surface area contributed by atoms with E-state index in [1.807, 2.05) is 0 Å². The van der Waals surface area contributed by atoms with Crippen LogP contribution >= 0.6 is 0 Å². The smallest absolute Gasteiger partial charge is 0.350 e. The van der Waals surface area contributed by atoms with Gasteiger partial charge in [-0.1, -0.05) is 0 Å². The number of aliphatic hydroxyl groups excluding tert-OH is 2. The van der Waals surface area contributed by atoms with Gasteiger partial charge >= 0.3 is 11.4 Å². The molecule has 0 saturated carbocycles. The summed E-state index contributed by atoms with van der Waals surface area (Å²) < 4.78 is 31.5. The minimum atomic E-state index is -0.876. The van der Waals surface area contributed by atoms with Gasteiger partial charge in [0, 0.05) is 0 Å². The lowest BCUT2D eigenvalue weighted by Crippen LogP contribution is -2.14. The Labute approximate surface area is 183 Å². The van der Waals surface area contributed by atoms with Crippen LogP contribution < -0.4 is 9.47 Å². The highest BCUT2D eigenvalue weighted by Gasteiger charge is 2.28. The Balaban J connectivity index is 2.64. The Morgan fingerprint density at radius 3 is 1.22 bits per heavy atom. The lowest BCUT2D eigenvalue weighted by molar-refractivity contribution is -0.422. The normalized spacial score (nSPS) is 10.8. The minimum Gasteiger partial charge on any atom is -0.487 e. The van der Waals surface area contributed by atoms with Crippen LogP contribution in [0.5, 0.6) is 11.5 Å². The molecule has 1 aromatic carbocycles. The fourth-order valence-electron chi connectivity index (χ4n) is 2.25. The van der Waals surface area contributed by atoms with Crippen molar-refractivity contribution in [3.05, 3.63) is 32.4 Å². The SMILES string of the molecule is O=[N+]([O-])c1cc(OCCOCCOCCO)c(OCCOCCOCCO)cc1[N+](=O)[O-]. The molecule has 0 aliphatic carbocycles. The largest absolute Gasteiger partial charge is 0.487 e. The second-order valence-corrected chi connectivity index (χ2v) is 5.90. The van der Waals surface area contributed by atoms with Crippen molar-refractivity contribution in [2.24, 2.45) is 0 Å². The average Bonchev–Trinajstić information content (AvgIpc) is 2.77. The molecule has 0 aromatic heterocycles. The third-order valence-electron chi connectivity index (χ3n) is 3.62. The molecule has 32 heavy (non-hydrogen) atoms. The summed E-state index contributed by atoms with van der Waals surface area (Å²) in [6.07, 6.45) is 0. The van der Waals surface area contributed by atoms with E-state index in [0.717, 1.165) is 12.1 Å². The van der Waals surface area contributed by atoms with Crippen molar-refractivity contribution in [3.8, 4) is 11.5 Å². The van der Waals surface area contributed by atoms with Crippen molar-refractivity contribution in [3.63, 3.8) is 0 Å². The van der Waals surface area contributed by atoms with Crippen molar-refractivity contribution in [2.75, 3.05) is 79.3 Å². The maximum absolute atomic E-state index is 11.2. The molecule has 2 N–H and O–H groups in total. The molecule has 0 amide bonds. The van der Waals surface area contributed by atoms with Gasteiger partial charge in [-0.25, -0.2) is 0 Å². The number of hydrogen-bond donors (Lipinski definition) is 2. The van der Waals surface area contributed by atoms with Crippen molar-refractivity contribution in [1.29, 1.82) is 0 Å². The van der Waals surface area contributed by atoms with E-state index in [1.54, 1.807) is 0 Å². The molecule has 182 valence electrons. The van der Waals surface area contributed by atoms with E-state index in [-0.39, 0.29) is 90.8 Å². The average molecular weight is 464 g/mol. The van der Waals surface area contributed by atoms with Crippen molar-refractivity contribution in [1.82, 2.24) is 0 Å². The Morgan fingerprint density at radius 1 is 0.594 bits per heavy atom. The summed E-state index contributed by atoms with van der Waals surface area (Å²) in [5.74, 6) is -0.0950. The summed E-state index contributed by atoms with van der Waals surface area (Å²) in [5.41, 5.74) is -1.46. The number of hydrogen-bond acceptors (Lipinski definition) is 12. The molecule has 0 aliphatic heterocycles. The molecule has 1 rings (SSSR count). The van der Waals surface area contributed by atoms with Crippen molar-refractivity contribution < 1.29 is 48.5 Å². The van der Waals surface area contributed by atoms with Crippen LogP contribution in [0.2, 0.25) is 0 Å². The van der Waals surface area contributed by atoms with Gasteiger partial charge in [0.2, 0.25) is 0 Å². The molecule has 0 aliphatic rings. The van der Waals surface area contributed by atoms with Crippen LogP contribution in [0.4, 0.5) is 11.4 Å². The van der Waals surface area contributed by atoms with E-state index >= 15 is 0 Å². The highest BCUT2D eigenvalue weighted by molar-refractivity contribution is 5.62. The first-order valence-electron chi connectivity index (χ1n) is 9.76. The molecular formula is C18H28N2O12. The first-order chi connectivity index (χ1) is 15.5. The first kappa shape index (κ1) is 27.4. The first-order valence-corrected chi connectivity index (χ1v) is 9.76. The van der Waals surface area contributed by atoms with E-state index in [1.165, 1.54) is 0 Å². The summed E-state index contributed by atoms with van der Waals surface area (Å²) in [4.78, 5) is 20.6. The molecule has 14 heteroatoms.